The van der Waals surface area contributed by atoms with Crippen LogP contribution in [0.1, 0.15) is 21.7 Å². The number of carbonyl (C=O) groups is 1. The van der Waals surface area contributed by atoms with E-state index in [1.165, 1.54) is 24.5 Å². The summed E-state index contributed by atoms with van der Waals surface area (Å²) in [7, 11) is 0. The maximum absolute atomic E-state index is 12.6. The Morgan fingerprint density at radius 2 is 1.74 bits per heavy atom. The average Bonchev–Trinajstić information content (AvgIpc) is 2.67. The lowest BCUT2D eigenvalue weighted by atomic mass is 10.2. The zero-order valence-electron chi connectivity index (χ0n) is 13.9. The molecule has 1 aromatic carbocycles. The van der Waals surface area contributed by atoms with Crippen molar-refractivity contribution >= 4 is 17.4 Å². The Bertz CT molecular complexity index is 897. The van der Waals surface area contributed by atoms with Gasteiger partial charge in [-0.3, -0.25) is 9.78 Å². The van der Waals surface area contributed by atoms with Crippen molar-refractivity contribution in [3.8, 4) is 0 Å². The van der Waals surface area contributed by atoms with E-state index in [1.807, 2.05) is 6.07 Å². The number of nitrogens with one attached hydrogen (secondary N) is 2. The molecule has 0 spiro atoms. The molecule has 3 aromatic rings. The molecule has 0 atom stereocenters. The summed E-state index contributed by atoms with van der Waals surface area (Å²) < 4.78 is 37.7. The molecule has 138 valence electrons. The largest absolute Gasteiger partial charge is 0.416 e. The quantitative estimate of drug-likeness (QED) is 0.715. The van der Waals surface area contributed by atoms with Gasteiger partial charge in [0.05, 0.1) is 30.2 Å². The number of hydrogen-bond donors (Lipinski definition) is 2. The second-order valence-electron chi connectivity index (χ2n) is 5.49. The first-order chi connectivity index (χ1) is 12.9. The van der Waals surface area contributed by atoms with Gasteiger partial charge in [-0.1, -0.05) is 6.07 Å². The normalized spacial score (nSPS) is 11.1. The molecule has 2 heterocycles. The number of benzene rings is 1. The van der Waals surface area contributed by atoms with Gasteiger partial charge in [-0.25, -0.2) is 9.97 Å². The van der Waals surface area contributed by atoms with Crippen molar-refractivity contribution in [1.82, 2.24) is 20.3 Å². The summed E-state index contributed by atoms with van der Waals surface area (Å²) in [5.74, 6) is -0.106. The molecule has 2 aromatic heterocycles. The summed E-state index contributed by atoms with van der Waals surface area (Å²) in [6.07, 6.45) is -0.154. The van der Waals surface area contributed by atoms with Gasteiger partial charge in [-0.15, -0.1) is 0 Å². The molecule has 0 aliphatic carbocycles. The third kappa shape index (κ3) is 5.00. The molecule has 0 radical (unpaired) electrons. The first kappa shape index (κ1) is 18.3. The van der Waals surface area contributed by atoms with Crippen molar-refractivity contribution in [3.05, 3.63) is 78.0 Å². The summed E-state index contributed by atoms with van der Waals surface area (Å²) in [6.45, 7) is 0.257. The first-order valence-corrected chi connectivity index (χ1v) is 7.86. The van der Waals surface area contributed by atoms with Crippen LogP contribution in [0.2, 0.25) is 0 Å². The number of hydrogen-bond acceptors (Lipinski definition) is 5. The predicted molar refractivity (Wildman–Crippen MR) is 92.2 cm³/mol. The molecule has 6 nitrogen and oxygen atoms in total. The van der Waals surface area contributed by atoms with Gasteiger partial charge in [-0.05, 0) is 36.4 Å². The first-order valence-electron chi connectivity index (χ1n) is 7.86. The van der Waals surface area contributed by atoms with Crippen molar-refractivity contribution < 1.29 is 18.0 Å². The Hall–Kier alpha value is -3.49. The van der Waals surface area contributed by atoms with E-state index < -0.39 is 17.6 Å². The van der Waals surface area contributed by atoms with Gasteiger partial charge in [0.15, 0.2) is 0 Å². The summed E-state index contributed by atoms with van der Waals surface area (Å²) in [5, 5.41) is 5.50. The van der Waals surface area contributed by atoms with Crippen LogP contribution in [0.25, 0.3) is 0 Å². The molecule has 0 aliphatic heterocycles. The lowest BCUT2D eigenvalue weighted by Crippen LogP contribution is -2.24. The Balaban J connectivity index is 1.59. The standard InChI is InChI=1S/C18H14F3N5O/c19-18(20,21)12-4-6-13(7-5-12)26-16-11-23-15(10-24-16)17(27)25-9-14-3-1-2-8-22-14/h1-8,10-11H,9H2,(H,24,26)(H,25,27). The smallest absolute Gasteiger partial charge is 0.345 e. The highest BCUT2D eigenvalue weighted by Crippen LogP contribution is 2.30. The summed E-state index contributed by atoms with van der Waals surface area (Å²) in [4.78, 5) is 24.2. The van der Waals surface area contributed by atoms with E-state index in [0.29, 0.717) is 17.2 Å². The van der Waals surface area contributed by atoms with Crippen LogP contribution in [0.15, 0.2) is 61.1 Å². The predicted octanol–water partition coefficient (Wildman–Crippen LogP) is 3.56. The van der Waals surface area contributed by atoms with Gasteiger partial charge in [0.2, 0.25) is 0 Å². The molecule has 0 aliphatic rings. The highest BCUT2D eigenvalue weighted by molar-refractivity contribution is 5.91. The van der Waals surface area contributed by atoms with E-state index in [0.717, 1.165) is 12.1 Å². The number of anilines is 2. The van der Waals surface area contributed by atoms with Crippen LogP contribution in [-0.2, 0) is 12.7 Å². The molecule has 2 N–H and O–H groups in total. The topological polar surface area (TPSA) is 79.8 Å². The zero-order chi connectivity index (χ0) is 19.3. The molecule has 27 heavy (non-hydrogen) atoms. The fourth-order valence-electron chi connectivity index (χ4n) is 2.16. The Morgan fingerprint density at radius 1 is 0.963 bits per heavy atom. The molecule has 9 heteroatoms. The average molecular weight is 373 g/mol. The number of alkyl halides is 3. The lowest BCUT2D eigenvalue weighted by Gasteiger charge is -2.09. The molecule has 0 bridgehead atoms. The van der Waals surface area contributed by atoms with Crippen molar-refractivity contribution in [3.63, 3.8) is 0 Å². The van der Waals surface area contributed by atoms with Crippen molar-refractivity contribution in [1.29, 1.82) is 0 Å². The van der Waals surface area contributed by atoms with Gasteiger partial charge in [0.1, 0.15) is 11.5 Å². The minimum absolute atomic E-state index is 0.115. The number of aromatic nitrogens is 3. The third-order valence-electron chi connectivity index (χ3n) is 3.53. The highest BCUT2D eigenvalue weighted by atomic mass is 19.4. The van der Waals surface area contributed by atoms with Crippen molar-refractivity contribution in [2.45, 2.75) is 12.7 Å². The molecule has 0 saturated heterocycles. The minimum Gasteiger partial charge on any atom is -0.345 e. The van der Waals surface area contributed by atoms with E-state index >= 15 is 0 Å². The third-order valence-corrected chi connectivity index (χ3v) is 3.53. The van der Waals surface area contributed by atoms with Crippen LogP contribution in [0, 0.1) is 0 Å². The van der Waals surface area contributed by atoms with E-state index in [1.54, 1.807) is 18.3 Å². The number of nitrogens with zero attached hydrogens (tertiary/aromatic N) is 3. The minimum atomic E-state index is -4.39. The number of carbonyl (C=O) groups excluding carboxylic acids is 1. The lowest BCUT2D eigenvalue weighted by molar-refractivity contribution is -0.137. The SMILES string of the molecule is O=C(NCc1ccccn1)c1cnc(Nc2ccc(C(F)(F)F)cc2)cn1. The van der Waals surface area contributed by atoms with Gasteiger partial charge < -0.3 is 10.6 Å². The molecule has 3 rings (SSSR count). The van der Waals surface area contributed by atoms with E-state index in [9.17, 15) is 18.0 Å². The van der Waals surface area contributed by atoms with Crippen LogP contribution >= 0.6 is 0 Å². The number of halogens is 3. The Labute approximate surface area is 152 Å². The second-order valence-corrected chi connectivity index (χ2v) is 5.49. The van der Waals surface area contributed by atoms with Crippen molar-refractivity contribution in [2.24, 2.45) is 0 Å². The maximum atomic E-state index is 12.6. The Morgan fingerprint density at radius 3 is 2.33 bits per heavy atom. The Kier molecular flexibility index (Phi) is 5.30. The van der Waals surface area contributed by atoms with Crippen LogP contribution in [-0.4, -0.2) is 20.9 Å². The van der Waals surface area contributed by atoms with Crippen LogP contribution in [0.3, 0.4) is 0 Å². The fraction of sp³-hybridized carbons (Fsp3) is 0.111. The number of rotatable bonds is 5. The molecular formula is C18H14F3N5O. The molecule has 0 saturated carbocycles. The van der Waals surface area contributed by atoms with Gasteiger partial charge in [0.25, 0.3) is 5.91 Å². The van der Waals surface area contributed by atoms with Crippen LogP contribution in [0.4, 0.5) is 24.7 Å². The van der Waals surface area contributed by atoms with Crippen LogP contribution in [0.5, 0.6) is 0 Å². The van der Waals surface area contributed by atoms with Gasteiger partial charge in [-0.2, -0.15) is 13.2 Å². The maximum Gasteiger partial charge on any atom is 0.416 e. The summed E-state index contributed by atoms with van der Waals surface area (Å²) in [6, 6.07) is 9.89. The molecule has 1 amide bonds. The highest BCUT2D eigenvalue weighted by Gasteiger charge is 2.29. The molecule has 0 fully saturated rings. The summed E-state index contributed by atoms with van der Waals surface area (Å²) >= 11 is 0. The summed E-state index contributed by atoms with van der Waals surface area (Å²) in [5.41, 5.74) is 0.506. The number of pyridine rings is 1. The number of amides is 1. The monoisotopic (exact) mass is 373 g/mol. The van der Waals surface area contributed by atoms with E-state index in [2.05, 4.69) is 25.6 Å². The second kappa shape index (κ2) is 7.81. The van der Waals surface area contributed by atoms with E-state index in [4.69, 9.17) is 0 Å². The fourth-order valence-corrected chi connectivity index (χ4v) is 2.16. The van der Waals surface area contributed by atoms with E-state index in [-0.39, 0.29) is 12.2 Å². The van der Waals surface area contributed by atoms with Crippen molar-refractivity contribution in [2.75, 3.05) is 5.32 Å². The molecular weight excluding hydrogens is 359 g/mol. The van der Waals surface area contributed by atoms with Crippen LogP contribution < -0.4 is 10.6 Å². The van der Waals surface area contributed by atoms with Gasteiger partial charge in [0, 0.05) is 11.9 Å². The van der Waals surface area contributed by atoms with Gasteiger partial charge >= 0.3 is 6.18 Å². The molecule has 0 unspecified atom stereocenters. The zero-order valence-corrected chi connectivity index (χ0v) is 13.9.